The highest BCUT2D eigenvalue weighted by atomic mass is 32.1. The van der Waals surface area contributed by atoms with Crippen molar-refractivity contribution in [2.24, 2.45) is 0 Å². The van der Waals surface area contributed by atoms with Gasteiger partial charge in [0.25, 0.3) is 0 Å². The molecule has 9 rings (SSSR count). The van der Waals surface area contributed by atoms with E-state index in [1.807, 2.05) is 11.3 Å². The molecule has 0 fully saturated rings. The van der Waals surface area contributed by atoms with Crippen molar-refractivity contribution in [1.82, 2.24) is 0 Å². The Morgan fingerprint density at radius 3 is 1.80 bits per heavy atom. The van der Waals surface area contributed by atoms with Crippen LogP contribution in [0.4, 0.5) is 0 Å². The van der Waals surface area contributed by atoms with Gasteiger partial charge in [0.2, 0.25) is 0 Å². The lowest BCUT2D eigenvalue weighted by Crippen LogP contribution is -1.87. The first kappa shape index (κ1) is 25.3. The predicted octanol–water partition coefficient (Wildman–Crippen LogP) is 12.3. The highest BCUT2D eigenvalue weighted by molar-refractivity contribution is 7.25. The number of rotatable bonds is 4. The second kappa shape index (κ2) is 10.2. The van der Waals surface area contributed by atoms with Gasteiger partial charge in [0.15, 0.2) is 0 Å². The molecular weight excluding hydrogens is 549 g/mol. The van der Waals surface area contributed by atoms with E-state index in [9.17, 15) is 0 Å². The van der Waals surface area contributed by atoms with Gasteiger partial charge in [0.05, 0.1) is 0 Å². The van der Waals surface area contributed by atoms with Crippen LogP contribution in [0.5, 0.6) is 0 Å². The van der Waals surface area contributed by atoms with E-state index in [-0.39, 0.29) is 0 Å². The summed E-state index contributed by atoms with van der Waals surface area (Å²) in [5.41, 5.74) is 15.7. The Morgan fingerprint density at radius 2 is 0.932 bits per heavy atom. The van der Waals surface area contributed by atoms with Crippen LogP contribution in [0.25, 0.3) is 75.8 Å². The Kier molecular flexibility index (Phi) is 5.85. The van der Waals surface area contributed by atoms with Crippen LogP contribution in [0.1, 0.15) is 11.1 Å². The maximum atomic E-state index is 2.40. The van der Waals surface area contributed by atoms with Gasteiger partial charge in [-0.2, -0.15) is 0 Å². The van der Waals surface area contributed by atoms with E-state index < -0.39 is 0 Å². The van der Waals surface area contributed by atoms with E-state index in [0.29, 0.717) is 0 Å². The van der Waals surface area contributed by atoms with Crippen molar-refractivity contribution in [1.29, 1.82) is 0 Å². The van der Waals surface area contributed by atoms with Crippen molar-refractivity contribution in [3.05, 3.63) is 169 Å². The summed E-state index contributed by atoms with van der Waals surface area (Å²) in [4.78, 5) is 0. The summed E-state index contributed by atoms with van der Waals surface area (Å²) in [6.07, 6.45) is 0.970. The van der Waals surface area contributed by atoms with E-state index in [1.54, 1.807) is 0 Å². The summed E-state index contributed by atoms with van der Waals surface area (Å²) >= 11 is 1.88. The molecule has 0 aliphatic heterocycles. The van der Waals surface area contributed by atoms with Gasteiger partial charge in [-0.25, -0.2) is 0 Å². The summed E-state index contributed by atoms with van der Waals surface area (Å²) < 4.78 is 2.70. The zero-order valence-electron chi connectivity index (χ0n) is 24.1. The maximum Gasteiger partial charge on any atom is 0.0355 e. The van der Waals surface area contributed by atoms with Gasteiger partial charge in [-0.15, -0.1) is 11.3 Å². The fraction of sp³-hybridized carbons (Fsp3) is 0.0233. The molecule has 1 heteroatoms. The van der Waals surface area contributed by atoms with E-state index in [4.69, 9.17) is 0 Å². The topological polar surface area (TPSA) is 0 Å². The third-order valence-electron chi connectivity index (χ3n) is 9.15. The predicted molar refractivity (Wildman–Crippen MR) is 189 cm³/mol. The summed E-state index contributed by atoms with van der Waals surface area (Å²) in [6.45, 7) is 0. The van der Waals surface area contributed by atoms with Crippen LogP contribution in [0.2, 0.25) is 0 Å². The minimum absolute atomic E-state index is 0.970. The minimum atomic E-state index is 0.970. The number of benzene rings is 7. The minimum Gasteiger partial charge on any atom is -0.135 e. The largest absolute Gasteiger partial charge is 0.135 e. The fourth-order valence-corrected chi connectivity index (χ4v) is 8.00. The van der Waals surface area contributed by atoms with Crippen LogP contribution in [0.3, 0.4) is 0 Å². The van der Waals surface area contributed by atoms with Crippen LogP contribution in [0, 0.1) is 0 Å². The highest BCUT2D eigenvalue weighted by Gasteiger charge is 2.22. The van der Waals surface area contributed by atoms with Gasteiger partial charge in [0, 0.05) is 20.2 Å². The lowest BCUT2D eigenvalue weighted by molar-refractivity contribution is 1.26. The van der Waals surface area contributed by atoms with Crippen LogP contribution in [-0.2, 0) is 6.42 Å². The Labute approximate surface area is 261 Å². The lowest BCUT2D eigenvalue weighted by Gasteiger charge is -2.10. The fourth-order valence-electron chi connectivity index (χ4n) is 6.91. The number of fused-ring (bicyclic) bond motifs is 6. The standard InChI is InChI=1S/C43H28S/c1-2-8-28(9-3-1)29-16-18-30(19-17-29)31-10-6-11-32(24-31)33-20-21-35-26-40-36(13-7-14-37(40)39(35)25-33)34-22-23-43-41(27-34)38-12-4-5-15-42(38)44-43/h1-25,27H,26H2. The molecule has 1 aromatic heterocycles. The third-order valence-corrected chi connectivity index (χ3v) is 10.3. The first-order chi connectivity index (χ1) is 21.8. The normalized spacial score (nSPS) is 12.0. The van der Waals surface area contributed by atoms with Crippen molar-refractivity contribution < 1.29 is 0 Å². The van der Waals surface area contributed by atoms with Crippen LogP contribution >= 0.6 is 11.3 Å². The van der Waals surface area contributed by atoms with Crippen molar-refractivity contribution in [3.8, 4) is 55.6 Å². The second-order valence-corrected chi connectivity index (χ2v) is 12.8. The lowest BCUT2D eigenvalue weighted by atomic mass is 9.94. The molecule has 0 saturated heterocycles. The van der Waals surface area contributed by atoms with E-state index in [0.717, 1.165) is 6.42 Å². The molecule has 0 atom stereocenters. The number of hydrogen-bond donors (Lipinski definition) is 0. The smallest absolute Gasteiger partial charge is 0.0355 e. The molecule has 1 aliphatic carbocycles. The second-order valence-electron chi connectivity index (χ2n) is 11.7. The van der Waals surface area contributed by atoms with Crippen LogP contribution < -0.4 is 0 Å². The van der Waals surface area contributed by atoms with Crippen LogP contribution in [0.15, 0.2) is 158 Å². The average Bonchev–Trinajstić information content (AvgIpc) is 3.66. The molecule has 7 aromatic carbocycles. The molecule has 0 spiro atoms. The van der Waals surface area contributed by atoms with E-state index in [1.165, 1.54) is 86.9 Å². The number of hydrogen-bond acceptors (Lipinski definition) is 1. The van der Waals surface area contributed by atoms with E-state index >= 15 is 0 Å². The van der Waals surface area contributed by atoms with Crippen molar-refractivity contribution in [2.45, 2.75) is 6.42 Å². The molecule has 206 valence electrons. The molecule has 0 nitrogen and oxygen atoms in total. The van der Waals surface area contributed by atoms with Crippen molar-refractivity contribution >= 4 is 31.5 Å². The molecular formula is C43H28S. The van der Waals surface area contributed by atoms with Crippen molar-refractivity contribution in [3.63, 3.8) is 0 Å². The first-order valence-corrected chi connectivity index (χ1v) is 16.0. The molecule has 0 N–H and O–H groups in total. The summed E-state index contributed by atoms with van der Waals surface area (Å²) in [5, 5.41) is 2.71. The molecule has 1 heterocycles. The molecule has 0 saturated carbocycles. The monoisotopic (exact) mass is 576 g/mol. The summed E-state index contributed by atoms with van der Waals surface area (Å²) in [5.74, 6) is 0. The van der Waals surface area contributed by atoms with Gasteiger partial charge >= 0.3 is 0 Å². The average molecular weight is 577 g/mol. The zero-order chi connectivity index (χ0) is 29.0. The number of thiophene rings is 1. The summed E-state index contributed by atoms with van der Waals surface area (Å²) in [7, 11) is 0. The van der Waals surface area contributed by atoms with Crippen LogP contribution in [-0.4, -0.2) is 0 Å². The molecule has 0 unspecified atom stereocenters. The Hall–Kier alpha value is -5.24. The van der Waals surface area contributed by atoms with Gasteiger partial charge < -0.3 is 0 Å². The Morgan fingerprint density at radius 1 is 0.341 bits per heavy atom. The Bertz CT molecular complexity index is 2340. The molecule has 0 bridgehead atoms. The SMILES string of the molecule is c1ccc(-c2ccc(-c3cccc(-c4ccc5c(c4)-c4cccc(-c6ccc7sc8ccccc8c7c6)c4C5)c3)cc2)cc1. The third kappa shape index (κ3) is 4.20. The molecule has 0 radical (unpaired) electrons. The highest BCUT2D eigenvalue weighted by Crippen LogP contribution is 2.44. The quantitative estimate of drug-likeness (QED) is 0.195. The summed E-state index contributed by atoms with van der Waals surface area (Å²) in [6, 6.07) is 58.1. The van der Waals surface area contributed by atoms with Gasteiger partial charge in [-0.1, -0.05) is 127 Å². The zero-order valence-corrected chi connectivity index (χ0v) is 24.9. The molecule has 44 heavy (non-hydrogen) atoms. The maximum absolute atomic E-state index is 2.40. The molecule has 0 amide bonds. The Balaban J connectivity index is 1.07. The van der Waals surface area contributed by atoms with Crippen molar-refractivity contribution in [2.75, 3.05) is 0 Å². The van der Waals surface area contributed by atoms with Gasteiger partial charge in [0.1, 0.15) is 0 Å². The molecule has 8 aromatic rings. The molecule has 1 aliphatic rings. The van der Waals surface area contributed by atoms with Gasteiger partial charge in [-0.3, -0.25) is 0 Å². The first-order valence-electron chi connectivity index (χ1n) is 15.2. The van der Waals surface area contributed by atoms with Gasteiger partial charge in [-0.05, 0) is 104 Å². The van der Waals surface area contributed by atoms with E-state index in [2.05, 4.69) is 158 Å².